The monoisotopic (exact) mass is 286 g/mol. The number of carbonyl (C=O) groups is 2. The first kappa shape index (κ1) is 17.2. The van der Waals surface area contributed by atoms with Crippen LogP contribution in [0.25, 0.3) is 0 Å². The predicted molar refractivity (Wildman–Crippen MR) is 77.5 cm³/mol. The topological polar surface area (TPSA) is 110 Å². The molecule has 6 nitrogen and oxygen atoms in total. The molecule has 7 heteroatoms. The first-order valence-corrected chi connectivity index (χ1v) is 5.53. The molecule has 106 valence electrons. The molecule has 0 heterocycles. The van der Waals surface area contributed by atoms with Gasteiger partial charge in [-0.1, -0.05) is 6.07 Å². The summed E-state index contributed by atoms with van der Waals surface area (Å²) in [5.74, 6) is -0.251. The van der Waals surface area contributed by atoms with Crippen molar-refractivity contribution < 1.29 is 9.59 Å². The zero-order chi connectivity index (χ0) is 13.8. The van der Waals surface area contributed by atoms with Gasteiger partial charge in [0.05, 0.1) is 0 Å². The van der Waals surface area contributed by atoms with Crippen molar-refractivity contribution in [3.05, 3.63) is 29.8 Å². The predicted octanol–water partition coefficient (Wildman–Crippen LogP) is 1.07. The molecule has 1 aromatic rings. The number of halogens is 1. The van der Waals surface area contributed by atoms with Gasteiger partial charge in [-0.2, -0.15) is 0 Å². The second kappa shape index (κ2) is 6.96. The molecule has 0 atom stereocenters. The number of anilines is 1. The average Bonchev–Trinajstić information content (AvgIpc) is 2.28. The van der Waals surface area contributed by atoms with Crippen molar-refractivity contribution in [1.82, 2.24) is 5.32 Å². The van der Waals surface area contributed by atoms with E-state index in [2.05, 4.69) is 10.6 Å². The molecular formula is C12H19ClN4O2. The van der Waals surface area contributed by atoms with Crippen LogP contribution in [0.3, 0.4) is 0 Å². The molecule has 19 heavy (non-hydrogen) atoms. The first-order valence-electron chi connectivity index (χ1n) is 5.53. The largest absolute Gasteiger partial charge is 0.351 e. The highest BCUT2D eigenvalue weighted by molar-refractivity contribution is 5.97. The quantitative estimate of drug-likeness (QED) is 0.664. The van der Waals surface area contributed by atoms with E-state index in [9.17, 15) is 9.59 Å². The van der Waals surface area contributed by atoms with Gasteiger partial charge < -0.3 is 22.1 Å². The Balaban J connectivity index is 0.00000324. The fraction of sp³-hybridized carbons (Fsp3) is 0.333. The molecule has 1 aromatic carbocycles. The lowest BCUT2D eigenvalue weighted by Gasteiger charge is -2.24. The first-order chi connectivity index (χ1) is 8.34. The lowest BCUT2D eigenvalue weighted by molar-refractivity contribution is 0.0915. The second-order valence-electron chi connectivity index (χ2n) is 4.61. The fourth-order valence-electron chi connectivity index (χ4n) is 1.31. The van der Waals surface area contributed by atoms with E-state index in [-0.39, 0.29) is 18.3 Å². The minimum absolute atomic E-state index is 0. The number of nitrogens with one attached hydrogen (secondary N) is 2. The van der Waals surface area contributed by atoms with Crippen LogP contribution >= 0.6 is 12.4 Å². The molecule has 6 N–H and O–H groups in total. The molecular weight excluding hydrogens is 268 g/mol. The van der Waals surface area contributed by atoms with Crippen molar-refractivity contribution in [2.75, 3.05) is 11.9 Å². The van der Waals surface area contributed by atoms with Gasteiger partial charge in [-0.15, -0.1) is 12.4 Å². The van der Waals surface area contributed by atoms with Crippen molar-refractivity contribution in [1.29, 1.82) is 0 Å². The molecule has 0 aliphatic heterocycles. The summed E-state index contributed by atoms with van der Waals surface area (Å²) >= 11 is 0. The Bertz CT molecular complexity index is 463. The number of hydrogen-bond acceptors (Lipinski definition) is 3. The van der Waals surface area contributed by atoms with Crippen LogP contribution in [0.2, 0.25) is 0 Å². The lowest BCUT2D eigenvalue weighted by Crippen LogP contribution is -2.48. The third kappa shape index (κ3) is 5.58. The van der Waals surface area contributed by atoms with E-state index in [1.54, 1.807) is 24.3 Å². The third-order valence-electron chi connectivity index (χ3n) is 2.35. The van der Waals surface area contributed by atoms with Gasteiger partial charge in [-0.3, -0.25) is 4.79 Å². The molecule has 0 aliphatic carbocycles. The third-order valence-corrected chi connectivity index (χ3v) is 2.35. The summed E-state index contributed by atoms with van der Waals surface area (Å²) in [6.07, 6.45) is 0. The summed E-state index contributed by atoms with van der Waals surface area (Å²) in [5.41, 5.74) is 11.0. The molecule has 0 aromatic heterocycles. The van der Waals surface area contributed by atoms with Crippen LogP contribution in [0.5, 0.6) is 0 Å². The van der Waals surface area contributed by atoms with Gasteiger partial charge in [-0.05, 0) is 32.0 Å². The second-order valence-corrected chi connectivity index (χ2v) is 4.61. The maximum absolute atomic E-state index is 11.9. The molecule has 0 aliphatic rings. The summed E-state index contributed by atoms with van der Waals surface area (Å²) in [4.78, 5) is 22.7. The molecule has 0 saturated carbocycles. The lowest BCUT2D eigenvalue weighted by atomic mass is 10.1. The van der Waals surface area contributed by atoms with Gasteiger partial charge in [-0.25, -0.2) is 4.79 Å². The van der Waals surface area contributed by atoms with Crippen LogP contribution in [-0.2, 0) is 0 Å². The molecule has 1 rings (SSSR count). The van der Waals surface area contributed by atoms with Gasteiger partial charge in [0.1, 0.15) is 0 Å². The molecule has 0 bridgehead atoms. The normalized spacial score (nSPS) is 10.3. The zero-order valence-corrected chi connectivity index (χ0v) is 11.7. The van der Waals surface area contributed by atoms with Crippen LogP contribution in [0.15, 0.2) is 24.3 Å². The summed E-state index contributed by atoms with van der Waals surface area (Å²) in [6, 6.07) is 5.83. The molecule has 0 radical (unpaired) electrons. The molecule has 3 amide bonds. The number of nitrogens with two attached hydrogens (primary N) is 2. The highest BCUT2D eigenvalue weighted by atomic mass is 35.5. The maximum Gasteiger partial charge on any atom is 0.316 e. The Hall–Kier alpha value is -1.79. The van der Waals surface area contributed by atoms with Crippen LogP contribution in [0.1, 0.15) is 24.2 Å². The SMILES string of the molecule is CC(C)(CN)NC(=O)c1cccc(NC(N)=O)c1.Cl. The minimum atomic E-state index is -0.671. The zero-order valence-electron chi connectivity index (χ0n) is 10.9. The Morgan fingerprint density at radius 2 is 1.95 bits per heavy atom. The van der Waals surface area contributed by atoms with Crippen LogP contribution in [0, 0.1) is 0 Å². The summed E-state index contributed by atoms with van der Waals surface area (Å²) < 4.78 is 0. The summed E-state index contributed by atoms with van der Waals surface area (Å²) in [5, 5.41) is 5.21. The number of carbonyl (C=O) groups excluding carboxylic acids is 2. The van der Waals surface area contributed by atoms with E-state index >= 15 is 0 Å². The smallest absolute Gasteiger partial charge is 0.316 e. The van der Waals surface area contributed by atoms with Crippen molar-refractivity contribution in [3.63, 3.8) is 0 Å². The number of primary amides is 1. The Morgan fingerprint density at radius 3 is 2.47 bits per heavy atom. The Kier molecular flexibility index (Phi) is 6.31. The Labute approximate surface area is 118 Å². The van der Waals surface area contributed by atoms with Gasteiger partial charge in [0.2, 0.25) is 0 Å². The van der Waals surface area contributed by atoms with Gasteiger partial charge in [0.25, 0.3) is 5.91 Å². The molecule has 0 unspecified atom stereocenters. The van der Waals surface area contributed by atoms with E-state index in [1.165, 1.54) is 0 Å². The van der Waals surface area contributed by atoms with Crippen LogP contribution in [-0.4, -0.2) is 24.0 Å². The summed E-state index contributed by atoms with van der Waals surface area (Å²) in [7, 11) is 0. The summed E-state index contributed by atoms with van der Waals surface area (Å²) in [6.45, 7) is 3.99. The van der Waals surface area contributed by atoms with Gasteiger partial charge >= 0.3 is 6.03 Å². The fourth-order valence-corrected chi connectivity index (χ4v) is 1.31. The highest BCUT2D eigenvalue weighted by Gasteiger charge is 2.19. The minimum Gasteiger partial charge on any atom is -0.351 e. The average molecular weight is 287 g/mol. The standard InChI is InChI=1S/C12H18N4O2.ClH/c1-12(2,7-13)16-10(17)8-4-3-5-9(6-8)15-11(14)18;/h3-6H,7,13H2,1-2H3,(H,16,17)(H3,14,15,18);1H. The number of hydrogen-bond donors (Lipinski definition) is 4. The number of rotatable bonds is 4. The van der Waals surface area contributed by atoms with E-state index in [0.717, 1.165) is 0 Å². The molecule has 0 saturated heterocycles. The van der Waals surface area contributed by atoms with Gasteiger partial charge in [0, 0.05) is 23.3 Å². The molecule has 0 spiro atoms. The van der Waals surface area contributed by atoms with Crippen molar-refractivity contribution in [3.8, 4) is 0 Å². The van der Waals surface area contributed by atoms with Crippen LogP contribution in [0.4, 0.5) is 10.5 Å². The highest BCUT2D eigenvalue weighted by Crippen LogP contribution is 2.11. The molecule has 0 fully saturated rings. The number of amides is 3. The van der Waals surface area contributed by atoms with Crippen molar-refractivity contribution >= 4 is 30.0 Å². The van der Waals surface area contributed by atoms with E-state index in [4.69, 9.17) is 11.5 Å². The van der Waals surface area contributed by atoms with E-state index < -0.39 is 11.6 Å². The number of urea groups is 1. The van der Waals surface area contributed by atoms with Crippen molar-refractivity contribution in [2.45, 2.75) is 19.4 Å². The number of benzene rings is 1. The van der Waals surface area contributed by atoms with Crippen molar-refractivity contribution in [2.24, 2.45) is 11.5 Å². The van der Waals surface area contributed by atoms with Crippen LogP contribution < -0.4 is 22.1 Å². The van der Waals surface area contributed by atoms with E-state index in [0.29, 0.717) is 17.8 Å². The maximum atomic E-state index is 11.9. The van der Waals surface area contributed by atoms with E-state index in [1.807, 2.05) is 13.8 Å². The van der Waals surface area contributed by atoms with Gasteiger partial charge in [0.15, 0.2) is 0 Å². The Morgan fingerprint density at radius 1 is 1.32 bits per heavy atom.